The highest BCUT2D eigenvalue weighted by atomic mass is 32.1. The van der Waals surface area contributed by atoms with Gasteiger partial charge in [-0.1, -0.05) is 0 Å². The molecular formula is C13H19N3O4S. The van der Waals surface area contributed by atoms with Crippen LogP contribution in [0.1, 0.15) is 16.8 Å². The molecule has 8 heteroatoms. The third kappa shape index (κ3) is 3.72. The van der Waals surface area contributed by atoms with Gasteiger partial charge < -0.3 is 20.0 Å². The van der Waals surface area contributed by atoms with Crippen LogP contribution in [0.4, 0.5) is 9.80 Å². The topological polar surface area (TPSA) is 93.1 Å². The van der Waals surface area contributed by atoms with Crippen LogP contribution < -0.4 is 5.32 Å². The number of aliphatic hydroxyl groups is 1. The van der Waals surface area contributed by atoms with Gasteiger partial charge >= 0.3 is 12.0 Å². The van der Waals surface area contributed by atoms with Crippen LogP contribution in [-0.4, -0.2) is 71.3 Å². The maximum absolute atomic E-state index is 12.3. The van der Waals surface area contributed by atoms with E-state index in [1.807, 2.05) is 19.0 Å². The van der Waals surface area contributed by atoms with Crippen LogP contribution in [0.3, 0.4) is 0 Å². The minimum atomic E-state index is -1.07. The van der Waals surface area contributed by atoms with Gasteiger partial charge in [-0.15, -0.1) is 11.3 Å². The standard InChI is InChI=1S/C13H19N3O4S/c1-15(2)6-8-5-9(17)7-16(8)13(20)14-11-10(12(18)19)3-4-21-11/h3-4,8-9,17H,5-7H2,1-2H3,(H,14,20)(H,18,19). The molecule has 1 saturated heterocycles. The van der Waals surface area contributed by atoms with Crippen molar-refractivity contribution < 1.29 is 19.8 Å². The lowest BCUT2D eigenvalue weighted by atomic mass is 10.2. The number of amides is 2. The average Bonchev–Trinajstić information content (AvgIpc) is 2.95. The number of rotatable bonds is 4. The fourth-order valence-electron chi connectivity index (χ4n) is 2.48. The number of aliphatic hydroxyl groups excluding tert-OH is 1. The fourth-order valence-corrected chi connectivity index (χ4v) is 3.25. The molecule has 2 atom stereocenters. The summed E-state index contributed by atoms with van der Waals surface area (Å²) in [6.45, 7) is 0.916. The van der Waals surface area contributed by atoms with Gasteiger partial charge in [0, 0.05) is 19.1 Å². The molecule has 3 N–H and O–H groups in total. The number of nitrogens with zero attached hydrogens (tertiary/aromatic N) is 2. The second kappa shape index (κ2) is 6.42. The summed E-state index contributed by atoms with van der Waals surface area (Å²) in [5.41, 5.74) is 0.0808. The Balaban J connectivity index is 2.08. The molecule has 116 valence electrons. The number of nitrogens with one attached hydrogen (secondary N) is 1. The van der Waals surface area contributed by atoms with Gasteiger partial charge in [0.1, 0.15) is 5.00 Å². The first-order valence-corrected chi connectivity index (χ1v) is 7.47. The molecule has 2 rings (SSSR count). The van der Waals surface area contributed by atoms with E-state index < -0.39 is 12.1 Å². The van der Waals surface area contributed by atoms with Crippen LogP contribution in [0.15, 0.2) is 11.4 Å². The van der Waals surface area contributed by atoms with Gasteiger partial charge in [0.2, 0.25) is 0 Å². The van der Waals surface area contributed by atoms with Crippen molar-refractivity contribution >= 4 is 28.3 Å². The van der Waals surface area contributed by atoms with Gasteiger partial charge in [0.25, 0.3) is 0 Å². The monoisotopic (exact) mass is 313 g/mol. The minimum Gasteiger partial charge on any atom is -0.478 e. The summed E-state index contributed by atoms with van der Waals surface area (Å²) in [5, 5.41) is 23.4. The highest BCUT2D eigenvalue weighted by Crippen LogP contribution is 2.25. The van der Waals surface area contributed by atoms with E-state index in [2.05, 4.69) is 5.32 Å². The van der Waals surface area contributed by atoms with Crippen LogP contribution in [0.5, 0.6) is 0 Å². The molecule has 1 fully saturated rings. The highest BCUT2D eigenvalue weighted by molar-refractivity contribution is 7.14. The Morgan fingerprint density at radius 2 is 2.24 bits per heavy atom. The van der Waals surface area contributed by atoms with Crippen molar-refractivity contribution in [1.82, 2.24) is 9.80 Å². The number of likely N-dealkylation sites (tertiary alicyclic amines) is 1. The average molecular weight is 313 g/mol. The number of anilines is 1. The van der Waals surface area contributed by atoms with Crippen molar-refractivity contribution in [2.24, 2.45) is 0 Å². The number of likely N-dealkylation sites (N-methyl/N-ethyl adjacent to an activating group) is 1. The molecular weight excluding hydrogens is 294 g/mol. The van der Waals surface area contributed by atoms with E-state index in [0.29, 0.717) is 18.0 Å². The van der Waals surface area contributed by atoms with Gasteiger partial charge in [-0.3, -0.25) is 5.32 Å². The van der Waals surface area contributed by atoms with Gasteiger partial charge in [-0.2, -0.15) is 0 Å². The Morgan fingerprint density at radius 3 is 2.86 bits per heavy atom. The van der Waals surface area contributed by atoms with Crippen molar-refractivity contribution in [3.05, 3.63) is 17.0 Å². The Hall–Kier alpha value is -1.64. The molecule has 1 aliphatic heterocycles. The Bertz CT molecular complexity index is 531. The molecule has 1 aliphatic rings. The zero-order valence-corrected chi connectivity index (χ0v) is 12.8. The first kappa shape index (κ1) is 15.7. The number of hydrogen-bond donors (Lipinski definition) is 3. The summed E-state index contributed by atoms with van der Waals surface area (Å²) >= 11 is 1.17. The molecule has 0 saturated carbocycles. The van der Waals surface area contributed by atoms with E-state index in [4.69, 9.17) is 5.11 Å². The molecule has 2 heterocycles. The maximum atomic E-state index is 12.3. The molecule has 0 spiro atoms. The molecule has 7 nitrogen and oxygen atoms in total. The molecule has 1 aromatic heterocycles. The number of carboxylic acid groups (broad SMARTS) is 1. The number of thiophene rings is 1. The number of carboxylic acids is 1. The quantitative estimate of drug-likeness (QED) is 0.770. The number of β-amino-alcohol motifs (C(OH)–C–C–N with tert-alkyl or cyclic N) is 1. The van der Waals surface area contributed by atoms with E-state index in [1.54, 1.807) is 10.3 Å². The number of hydrogen-bond acceptors (Lipinski definition) is 5. The van der Waals surface area contributed by atoms with Crippen molar-refractivity contribution in [3.8, 4) is 0 Å². The number of aromatic carboxylic acids is 1. The predicted molar refractivity (Wildman–Crippen MR) is 80.0 cm³/mol. The third-order valence-corrected chi connectivity index (χ3v) is 4.18. The van der Waals surface area contributed by atoms with E-state index in [0.717, 1.165) is 0 Å². The summed E-state index contributed by atoms with van der Waals surface area (Å²) in [6.07, 6.45) is -0.00932. The summed E-state index contributed by atoms with van der Waals surface area (Å²) < 4.78 is 0. The molecule has 1 aromatic rings. The smallest absolute Gasteiger partial charge is 0.338 e. The first-order chi connectivity index (χ1) is 9.88. The Morgan fingerprint density at radius 1 is 1.52 bits per heavy atom. The Labute approximate surface area is 126 Å². The molecule has 0 aliphatic carbocycles. The zero-order valence-electron chi connectivity index (χ0n) is 11.9. The molecule has 21 heavy (non-hydrogen) atoms. The SMILES string of the molecule is CN(C)CC1CC(O)CN1C(=O)Nc1sccc1C(=O)O. The largest absolute Gasteiger partial charge is 0.478 e. The lowest BCUT2D eigenvalue weighted by Crippen LogP contribution is -2.43. The Kier molecular flexibility index (Phi) is 4.81. The van der Waals surface area contributed by atoms with Gasteiger partial charge in [-0.05, 0) is 32.0 Å². The number of carbonyl (C=O) groups is 2. The van der Waals surface area contributed by atoms with Crippen LogP contribution >= 0.6 is 11.3 Å². The molecule has 0 radical (unpaired) electrons. The van der Waals surface area contributed by atoms with E-state index in [1.165, 1.54) is 17.4 Å². The number of carbonyl (C=O) groups excluding carboxylic acids is 1. The lowest BCUT2D eigenvalue weighted by molar-refractivity contribution is 0.0698. The second-order valence-electron chi connectivity index (χ2n) is 5.36. The third-order valence-electron chi connectivity index (χ3n) is 3.35. The second-order valence-corrected chi connectivity index (χ2v) is 6.27. The predicted octanol–water partition coefficient (Wildman–Crippen LogP) is 0.975. The summed E-state index contributed by atoms with van der Waals surface area (Å²) in [5.74, 6) is -1.07. The van der Waals surface area contributed by atoms with Gasteiger partial charge in [0.05, 0.1) is 11.7 Å². The maximum Gasteiger partial charge on any atom is 0.338 e. The number of urea groups is 1. The van der Waals surface area contributed by atoms with Gasteiger partial charge in [-0.25, -0.2) is 9.59 Å². The van der Waals surface area contributed by atoms with E-state index in [9.17, 15) is 14.7 Å². The van der Waals surface area contributed by atoms with Gasteiger partial charge in [0.15, 0.2) is 0 Å². The van der Waals surface area contributed by atoms with E-state index in [-0.39, 0.29) is 24.2 Å². The molecule has 2 unspecified atom stereocenters. The zero-order chi connectivity index (χ0) is 15.6. The van der Waals surface area contributed by atoms with Crippen LogP contribution in [0, 0.1) is 0 Å². The summed E-state index contributed by atoms with van der Waals surface area (Å²) in [4.78, 5) is 26.9. The normalized spacial score (nSPS) is 21.8. The van der Waals surface area contributed by atoms with Crippen LogP contribution in [0.2, 0.25) is 0 Å². The minimum absolute atomic E-state index is 0.0803. The van der Waals surface area contributed by atoms with Crippen molar-refractivity contribution in [2.45, 2.75) is 18.6 Å². The van der Waals surface area contributed by atoms with Crippen molar-refractivity contribution in [2.75, 3.05) is 32.5 Å². The van der Waals surface area contributed by atoms with Crippen molar-refractivity contribution in [1.29, 1.82) is 0 Å². The fraction of sp³-hybridized carbons (Fsp3) is 0.538. The first-order valence-electron chi connectivity index (χ1n) is 6.59. The highest BCUT2D eigenvalue weighted by Gasteiger charge is 2.35. The molecule has 0 aromatic carbocycles. The molecule has 0 bridgehead atoms. The summed E-state index contributed by atoms with van der Waals surface area (Å²) in [6, 6.07) is 1.00. The van der Waals surface area contributed by atoms with Crippen LogP contribution in [0.25, 0.3) is 0 Å². The summed E-state index contributed by atoms with van der Waals surface area (Å²) in [7, 11) is 3.81. The lowest BCUT2D eigenvalue weighted by Gasteiger charge is -2.26. The van der Waals surface area contributed by atoms with Crippen molar-refractivity contribution in [3.63, 3.8) is 0 Å². The molecule has 2 amide bonds. The van der Waals surface area contributed by atoms with E-state index >= 15 is 0 Å². The van der Waals surface area contributed by atoms with Crippen LogP contribution in [-0.2, 0) is 0 Å².